The number of aliphatic hydroxyl groups is 1. The molecule has 76 heavy (non-hydrogen) atoms. The van der Waals surface area contributed by atoms with Crippen LogP contribution in [0.15, 0.2) is 0 Å². The van der Waals surface area contributed by atoms with Crippen molar-refractivity contribution in [3.8, 4) is 0 Å². The zero-order valence-electron chi connectivity index (χ0n) is 38.0. The van der Waals surface area contributed by atoms with E-state index in [2.05, 4.69) is 4.74 Å². The van der Waals surface area contributed by atoms with E-state index in [9.17, 15) is 127 Å². The lowest BCUT2D eigenvalue weighted by Crippen LogP contribution is -2.79. The SMILES string of the molecule is OCCOCCOCCOCCOCCOCCOCCOCCOCCOCCOCCC(F)(F)C(F)(F)C(F)(F)C(F)(F)C(F)(F)C(F)(F)C(F)(F)C(F)(F)C(F)(F)C(F)(F)C(F)(F)C(F)(F)C(F)(F)C(F)(F)F. The lowest BCUT2D eigenvalue weighted by atomic mass is 9.83. The van der Waals surface area contributed by atoms with Crippen LogP contribution in [-0.2, 0) is 47.4 Å². The Morgan fingerprint density at radius 1 is 0.184 bits per heavy atom. The molecule has 0 bridgehead atoms. The van der Waals surface area contributed by atoms with E-state index in [0.717, 1.165) is 0 Å². The van der Waals surface area contributed by atoms with Crippen molar-refractivity contribution < 1.29 is 180 Å². The molecule has 0 aromatic carbocycles. The van der Waals surface area contributed by atoms with Crippen LogP contribution in [0, 0.1) is 0 Å². The van der Waals surface area contributed by atoms with Gasteiger partial charge >= 0.3 is 83.2 Å². The zero-order valence-corrected chi connectivity index (χ0v) is 38.0. The number of halogens is 29. The summed E-state index contributed by atoms with van der Waals surface area (Å²) in [6.45, 7) is -1.16. The van der Waals surface area contributed by atoms with Crippen LogP contribution in [0.25, 0.3) is 0 Å². The first-order chi connectivity index (χ1) is 34.3. The Hall–Kier alpha value is -2.47. The molecule has 1 N–H and O–H groups in total. The van der Waals surface area contributed by atoms with Crippen molar-refractivity contribution in [3.63, 3.8) is 0 Å². The van der Waals surface area contributed by atoms with Gasteiger partial charge in [-0.2, -0.15) is 127 Å². The number of aliphatic hydroxyl groups excluding tert-OH is 1. The predicted molar refractivity (Wildman–Crippen MR) is 190 cm³/mol. The van der Waals surface area contributed by atoms with Crippen LogP contribution in [0.2, 0.25) is 0 Å². The van der Waals surface area contributed by atoms with Crippen molar-refractivity contribution in [1.29, 1.82) is 0 Å². The lowest BCUT2D eigenvalue weighted by molar-refractivity contribution is -0.487. The summed E-state index contributed by atoms with van der Waals surface area (Å²) in [5.41, 5.74) is 0. The fourth-order valence-electron chi connectivity index (χ4n) is 4.88. The second kappa shape index (κ2) is 28.8. The molecule has 0 amide bonds. The Morgan fingerprint density at radius 3 is 0.500 bits per heavy atom. The molecule has 11 nitrogen and oxygen atoms in total. The summed E-state index contributed by atoms with van der Waals surface area (Å²) >= 11 is 0. The van der Waals surface area contributed by atoms with Crippen LogP contribution in [0.5, 0.6) is 0 Å². The highest BCUT2D eigenvalue weighted by molar-refractivity contribution is 5.21. The molecule has 0 atom stereocenters. The highest BCUT2D eigenvalue weighted by atomic mass is 19.4. The van der Waals surface area contributed by atoms with Crippen LogP contribution in [0.3, 0.4) is 0 Å². The largest absolute Gasteiger partial charge is 0.460 e. The molecule has 0 fully saturated rings. The van der Waals surface area contributed by atoms with Gasteiger partial charge in [0.2, 0.25) is 0 Å². The van der Waals surface area contributed by atoms with Gasteiger partial charge in [-0.3, -0.25) is 0 Å². The quantitative estimate of drug-likeness (QED) is 0.0466. The second-order valence-corrected chi connectivity index (χ2v) is 14.7. The van der Waals surface area contributed by atoms with E-state index in [1.54, 1.807) is 0 Å². The van der Waals surface area contributed by atoms with Crippen molar-refractivity contribution >= 4 is 0 Å². The molecule has 40 heteroatoms. The Kier molecular flexibility index (Phi) is 27.9. The van der Waals surface area contributed by atoms with Crippen molar-refractivity contribution in [2.75, 3.05) is 139 Å². The van der Waals surface area contributed by atoms with Crippen LogP contribution in [0.1, 0.15) is 6.42 Å². The van der Waals surface area contributed by atoms with E-state index in [0.29, 0.717) is 39.6 Å². The molecular weight excluding hydrogens is 1160 g/mol. The number of rotatable bonds is 44. The standard InChI is InChI=1S/C36H45F29O11/c37-23(38,1-3-67-5-7-69-9-11-71-13-15-73-17-19-75-21-22-76-20-18-74-16-14-72-12-10-70-8-6-68-4-2-66)24(39,40)25(41,42)26(43,44)27(45,46)28(47,48)29(49,50)30(51,52)31(53,54)32(55,56)33(57,58)34(59,60)35(61,62)36(63,64)65/h66H,1-22H2. The lowest BCUT2D eigenvalue weighted by Gasteiger charge is -2.46. The van der Waals surface area contributed by atoms with Crippen LogP contribution in [0.4, 0.5) is 127 Å². The van der Waals surface area contributed by atoms with E-state index >= 15 is 0 Å². The average Bonchev–Trinajstić information content (AvgIpc) is 3.29. The van der Waals surface area contributed by atoms with Crippen molar-refractivity contribution in [2.24, 2.45) is 0 Å². The minimum atomic E-state index is -9.97. The Labute approximate surface area is 408 Å². The maximum atomic E-state index is 14.2. The molecule has 458 valence electrons. The third kappa shape index (κ3) is 16.1. The monoisotopic (exact) mass is 1200 g/mol. The first kappa shape index (κ1) is 73.5. The zero-order chi connectivity index (χ0) is 59.6. The summed E-state index contributed by atoms with van der Waals surface area (Å²) in [6, 6.07) is 0. The minimum Gasteiger partial charge on any atom is -0.394 e. The summed E-state index contributed by atoms with van der Waals surface area (Å²) < 4.78 is 448. The summed E-state index contributed by atoms with van der Waals surface area (Å²) in [4.78, 5) is 0. The average molecular weight is 1200 g/mol. The summed E-state index contributed by atoms with van der Waals surface area (Å²) in [5, 5.41) is 8.55. The Balaban J connectivity index is 5.03. The predicted octanol–water partition coefficient (Wildman–Crippen LogP) is 9.36. The highest BCUT2D eigenvalue weighted by Gasteiger charge is 3.00. The molecule has 0 aromatic heterocycles. The van der Waals surface area contributed by atoms with Crippen LogP contribution < -0.4 is 0 Å². The molecule has 0 aliphatic heterocycles. The summed E-state index contributed by atoms with van der Waals surface area (Å²) in [6.07, 6.45) is -11.4. The third-order valence-electron chi connectivity index (χ3n) is 9.30. The molecule has 0 aliphatic rings. The van der Waals surface area contributed by atoms with E-state index in [1.165, 1.54) is 0 Å². The smallest absolute Gasteiger partial charge is 0.394 e. The normalized spacial score (nSPS) is 15.1. The number of hydrogen-bond donors (Lipinski definition) is 1. The number of hydrogen-bond acceptors (Lipinski definition) is 11. The molecule has 0 saturated carbocycles. The Bertz CT molecular complexity index is 1640. The van der Waals surface area contributed by atoms with Gasteiger partial charge in [-0.25, -0.2) is 0 Å². The topological polar surface area (TPSA) is 113 Å². The van der Waals surface area contributed by atoms with Gasteiger partial charge in [0.1, 0.15) is 0 Å². The molecule has 0 unspecified atom stereocenters. The first-order valence-electron chi connectivity index (χ1n) is 20.7. The van der Waals surface area contributed by atoms with E-state index in [4.69, 9.17) is 47.7 Å². The van der Waals surface area contributed by atoms with Gasteiger partial charge in [0, 0.05) is 6.42 Å². The summed E-state index contributed by atoms with van der Waals surface area (Å²) in [5.74, 6) is -121. The minimum absolute atomic E-state index is 0.00751. The van der Waals surface area contributed by atoms with Crippen molar-refractivity contribution in [2.45, 2.75) is 89.6 Å². The molecule has 0 rings (SSSR count). The number of ether oxygens (including phenoxy) is 10. The van der Waals surface area contributed by atoms with Crippen LogP contribution in [-0.4, -0.2) is 227 Å². The van der Waals surface area contributed by atoms with Gasteiger partial charge in [-0.05, 0) is 0 Å². The van der Waals surface area contributed by atoms with E-state index in [1.807, 2.05) is 0 Å². The Morgan fingerprint density at radius 2 is 0.329 bits per heavy atom. The van der Waals surface area contributed by atoms with Gasteiger partial charge < -0.3 is 52.5 Å². The molecule has 0 aromatic rings. The second-order valence-electron chi connectivity index (χ2n) is 14.7. The van der Waals surface area contributed by atoms with E-state index < -0.39 is 109 Å². The number of alkyl halides is 29. The maximum absolute atomic E-state index is 14.2. The van der Waals surface area contributed by atoms with Crippen molar-refractivity contribution in [1.82, 2.24) is 0 Å². The molecule has 0 saturated heterocycles. The third-order valence-corrected chi connectivity index (χ3v) is 9.30. The fraction of sp³-hybridized carbons (Fsp3) is 1.00. The molecule has 0 spiro atoms. The van der Waals surface area contributed by atoms with Crippen LogP contribution >= 0.6 is 0 Å². The fourth-order valence-corrected chi connectivity index (χ4v) is 4.88. The maximum Gasteiger partial charge on any atom is 0.460 e. The molecule has 0 aliphatic carbocycles. The van der Waals surface area contributed by atoms with Crippen molar-refractivity contribution in [3.05, 3.63) is 0 Å². The molecular formula is C36H45F29O11. The molecule has 0 heterocycles. The molecule has 0 radical (unpaired) electrons. The van der Waals surface area contributed by atoms with Gasteiger partial charge in [0.25, 0.3) is 0 Å². The van der Waals surface area contributed by atoms with Gasteiger partial charge in [-0.1, -0.05) is 0 Å². The van der Waals surface area contributed by atoms with E-state index in [-0.39, 0.29) is 79.3 Å². The highest BCUT2D eigenvalue weighted by Crippen LogP contribution is 2.69. The summed E-state index contributed by atoms with van der Waals surface area (Å²) in [7, 11) is 0. The first-order valence-corrected chi connectivity index (χ1v) is 20.7. The van der Waals surface area contributed by atoms with Gasteiger partial charge in [0.05, 0.1) is 139 Å². The van der Waals surface area contributed by atoms with Gasteiger partial charge in [-0.15, -0.1) is 0 Å². The van der Waals surface area contributed by atoms with Gasteiger partial charge in [0.15, 0.2) is 0 Å².